The number of carbonyl (C=O) groups excluding carboxylic acids is 1. The molecule has 2 aliphatic carbocycles. The number of hydrogen-bond acceptors (Lipinski definition) is 6. The molecule has 1 aromatic rings. The molecule has 3 rings (SSSR count). The number of hydrogen-bond donors (Lipinski definition) is 2. The van der Waals surface area contributed by atoms with E-state index in [2.05, 4.69) is 5.32 Å². The minimum absolute atomic E-state index is 0.0661. The highest BCUT2D eigenvalue weighted by molar-refractivity contribution is 5.73. The Morgan fingerprint density at radius 3 is 2.43 bits per heavy atom. The first-order valence-corrected chi connectivity index (χ1v) is 9.64. The summed E-state index contributed by atoms with van der Waals surface area (Å²) >= 11 is 0. The summed E-state index contributed by atoms with van der Waals surface area (Å²) in [4.78, 5) is 24.4. The van der Waals surface area contributed by atoms with Gasteiger partial charge in [0, 0.05) is 27.1 Å². The largest absolute Gasteiger partial charge is 0.493 e. The van der Waals surface area contributed by atoms with E-state index >= 15 is 0 Å². The molecule has 7 heteroatoms. The predicted molar refractivity (Wildman–Crippen MR) is 104 cm³/mol. The zero-order chi connectivity index (χ0) is 20.4. The Morgan fingerprint density at radius 2 is 1.82 bits per heavy atom. The molecule has 0 saturated heterocycles. The van der Waals surface area contributed by atoms with Crippen LogP contribution in [-0.2, 0) is 14.3 Å². The third-order valence-corrected chi connectivity index (χ3v) is 6.09. The van der Waals surface area contributed by atoms with E-state index < -0.39 is 12.2 Å². The van der Waals surface area contributed by atoms with Crippen molar-refractivity contribution in [1.29, 1.82) is 0 Å². The quantitative estimate of drug-likeness (QED) is 0.808. The monoisotopic (exact) mass is 391 g/mol. The van der Waals surface area contributed by atoms with Gasteiger partial charge in [-0.05, 0) is 48.4 Å². The Balaban J connectivity index is 2.20. The molecule has 6 atom stereocenters. The molecule has 0 spiro atoms. The molecule has 6 unspecified atom stereocenters. The summed E-state index contributed by atoms with van der Waals surface area (Å²) in [6.07, 6.45) is 0.606. The fourth-order valence-corrected chi connectivity index (χ4v) is 4.93. The predicted octanol–water partition coefficient (Wildman–Crippen LogP) is 1.52. The number of aliphatic hydroxyl groups is 1. The summed E-state index contributed by atoms with van der Waals surface area (Å²) in [5, 5.41) is 13.6. The van der Waals surface area contributed by atoms with E-state index in [9.17, 15) is 14.7 Å². The van der Waals surface area contributed by atoms with Gasteiger partial charge in [-0.15, -0.1) is 0 Å². The third-order valence-electron chi connectivity index (χ3n) is 6.09. The third kappa shape index (κ3) is 3.79. The normalized spacial score (nSPS) is 31.9. The van der Waals surface area contributed by atoms with E-state index in [0.717, 1.165) is 17.5 Å². The molecule has 0 bridgehead atoms. The lowest BCUT2D eigenvalue weighted by molar-refractivity contribution is -0.140. The maximum absolute atomic E-state index is 12.6. The fraction of sp³-hybridized carbons (Fsp3) is 0.619. The van der Waals surface area contributed by atoms with Crippen LogP contribution in [-0.4, -0.2) is 50.7 Å². The first-order chi connectivity index (χ1) is 13.4. The van der Waals surface area contributed by atoms with Crippen molar-refractivity contribution in [3.8, 4) is 5.75 Å². The first kappa shape index (κ1) is 20.8. The van der Waals surface area contributed by atoms with Crippen LogP contribution in [0.25, 0.3) is 0 Å². The summed E-state index contributed by atoms with van der Waals surface area (Å²) in [7, 11) is 4.65. The van der Waals surface area contributed by atoms with E-state index in [-0.39, 0.29) is 41.1 Å². The Labute approximate surface area is 165 Å². The van der Waals surface area contributed by atoms with Crippen LogP contribution in [0.1, 0.15) is 49.3 Å². The van der Waals surface area contributed by atoms with Gasteiger partial charge in [-0.1, -0.05) is 6.07 Å². The van der Waals surface area contributed by atoms with Gasteiger partial charge in [-0.25, -0.2) is 0 Å². The Morgan fingerprint density at radius 1 is 1.11 bits per heavy atom. The topological polar surface area (TPSA) is 94.1 Å². The van der Waals surface area contributed by atoms with Crippen LogP contribution in [0.2, 0.25) is 0 Å². The standard InChI is InChI=1S/C21H29NO6/c1-11(23)22-15-7-5-12-9-17(25)20(27-3)21(28-4)19(12)13-6-8-18(26-2)16(24)10-14(13)15/h6,8,10,12,15,17,19-21,25H,5,7,9H2,1-4H3,(H,22,23). The molecular formula is C21H29NO6. The summed E-state index contributed by atoms with van der Waals surface area (Å²) in [6, 6.07) is 4.85. The molecule has 2 N–H and O–H groups in total. The van der Waals surface area contributed by atoms with Crippen molar-refractivity contribution in [2.24, 2.45) is 5.92 Å². The van der Waals surface area contributed by atoms with Crippen molar-refractivity contribution in [2.75, 3.05) is 21.3 Å². The van der Waals surface area contributed by atoms with Crippen LogP contribution in [0.4, 0.5) is 0 Å². The zero-order valence-electron chi connectivity index (χ0n) is 16.8. The number of nitrogens with one attached hydrogen (secondary N) is 1. The van der Waals surface area contributed by atoms with Crippen molar-refractivity contribution in [2.45, 2.75) is 56.5 Å². The molecule has 1 fully saturated rings. The average Bonchev–Trinajstić information content (AvgIpc) is 2.89. The highest BCUT2D eigenvalue weighted by Crippen LogP contribution is 2.48. The van der Waals surface area contributed by atoms with Gasteiger partial charge in [0.2, 0.25) is 11.3 Å². The molecule has 1 aromatic carbocycles. The lowest BCUT2D eigenvalue weighted by Crippen LogP contribution is -2.51. The minimum atomic E-state index is -0.626. The lowest BCUT2D eigenvalue weighted by Gasteiger charge is -2.44. The highest BCUT2D eigenvalue weighted by atomic mass is 16.5. The minimum Gasteiger partial charge on any atom is -0.493 e. The fourth-order valence-electron chi connectivity index (χ4n) is 4.93. The Bertz CT molecular complexity index is 782. The summed E-state index contributed by atoms with van der Waals surface area (Å²) in [5.41, 5.74) is 1.48. The van der Waals surface area contributed by atoms with E-state index in [1.165, 1.54) is 14.0 Å². The van der Waals surface area contributed by atoms with Gasteiger partial charge in [0.1, 0.15) is 6.10 Å². The maximum Gasteiger partial charge on any atom is 0.220 e. The summed E-state index contributed by atoms with van der Waals surface area (Å²) in [5.74, 6) is 0.181. The molecular weight excluding hydrogens is 362 g/mol. The van der Waals surface area contributed by atoms with Gasteiger partial charge in [-0.3, -0.25) is 9.59 Å². The van der Waals surface area contributed by atoms with E-state index in [1.807, 2.05) is 6.07 Å². The molecule has 154 valence electrons. The Hall–Kier alpha value is -1.96. The lowest BCUT2D eigenvalue weighted by atomic mass is 9.70. The van der Waals surface area contributed by atoms with Gasteiger partial charge >= 0.3 is 0 Å². The van der Waals surface area contributed by atoms with Crippen LogP contribution in [0, 0.1) is 5.92 Å². The number of rotatable bonds is 4. The van der Waals surface area contributed by atoms with Crippen molar-refractivity contribution < 1.29 is 24.1 Å². The number of amides is 1. The van der Waals surface area contributed by atoms with Gasteiger partial charge in [0.25, 0.3) is 0 Å². The number of methoxy groups -OCH3 is 3. The van der Waals surface area contributed by atoms with Crippen molar-refractivity contribution >= 4 is 5.91 Å². The highest BCUT2D eigenvalue weighted by Gasteiger charge is 2.47. The second-order valence-corrected chi connectivity index (χ2v) is 7.64. The van der Waals surface area contributed by atoms with Crippen molar-refractivity contribution in [1.82, 2.24) is 5.32 Å². The molecule has 0 aromatic heterocycles. The van der Waals surface area contributed by atoms with Gasteiger partial charge in [0.05, 0.1) is 25.4 Å². The Kier molecular flexibility index (Phi) is 6.37. The van der Waals surface area contributed by atoms with Gasteiger partial charge in [0.15, 0.2) is 5.75 Å². The van der Waals surface area contributed by atoms with Crippen LogP contribution in [0.15, 0.2) is 23.0 Å². The van der Waals surface area contributed by atoms with Crippen LogP contribution in [0.5, 0.6) is 5.75 Å². The number of ether oxygens (including phenoxy) is 3. The first-order valence-electron chi connectivity index (χ1n) is 9.64. The number of aliphatic hydroxyl groups excluding tert-OH is 1. The molecule has 2 aliphatic rings. The van der Waals surface area contributed by atoms with Crippen LogP contribution >= 0.6 is 0 Å². The SMILES string of the molecule is COc1ccc2c(cc1=O)C(NC(C)=O)CCC1CC(O)C(OC)C(OC)C21. The van der Waals surface area contributed by atoms with Crippen molar-refractivity contribution in [3.05, 3.63) is 39.5 Å². The van der Waals surface area contributed by atoms with Crippen LogP contribution < -0.4 is 15.5 Å². The van der Waals surface area contributed by atoms with E-state index in [4.69, 9.17) is 14.2 Å². The van der Waals surface area contributed by atoms with Crippen molar-refractivity contribution in [3.63, 3.8) is 0 Å². The molecule has 0 aliphatic heterocycles. The molecule has 0 radical (unpaired) electrons. The summed E-state index contributed by atoms with van der Waals surface area (Å²) < 4.78 is 16.6. The second-order valence-electron chi connectivity index (χ2n) is 7.64. The smallest absolute Gasteiger partial charge is 0.220 e. The molecule has 1 saturated carbocycles. The van der Waals surface area contributed by atoms with Gasteiger partial charge in [-0.2, -0.15) is 0 Å². The van der Waals surface area contributed by atoms with E-state index in [0.29, 0.717) is 12.8 Å². The average molecular weight is 391 g/mol. The second kappa shape index (κ2) is 8.59. The zero-order valence-corrected chi connectivity index (χ0v) is 16.8. The molecule has 28 heavy (non-hydrogen) atoms. The van der Waals surface area contributed by atoms with Gasteiger partial charge < -0.3 is 24.6 Å². The number of carbonyl (C=O) groups is 1. The molecule has 1 amide bonds. The maximum atomic E-state index is 12.6. The number of fused-ring (bicyclic) bond motifs is 3. The van der Waals surface area contributed by atoms with Crippen LogP contribution in [0.3, 0.4) is 0 Å². The van der Waals surface area contributed by atoms with E-state index in [1.54, 1.807) is 26.4 Å². The molecule has 0 heterocycles. The molecule has 7 nitrogen and oxygen atoms in total. The summed E-state index contributed by atoms with van der Waals surface area (Å²) in [6.45, 7) is 1.47.